The van der Waals surface area contributed by atoms with Crippen LogP contribution in [0.5, 0.6) is 0 Å². The van der Waals surface area contributed by atoms with E-state index in [0.717, 1.165) is 19.1 Å². The van der Waals surface area contributed by atoms with Crippen LogP contribution in [0.4, 0.5) is 0 Å². The second-order valence-corrected chi connectivity index (χ2v) is 10.4. The van der Waals surface area contributed by atoms with Gasteiger partial charge in [-0.2, -0.15) is 0 Å². The summed E-state index contributed by atoms with van der Waals surface area (Å²) >= 11 is 0. The van der Waals surface area contributed by atoms with Gasteiger partial charge in [-0.15, -0.1) is 0 Å². The van der Waals surface area contributed by atoms with Gasteiger partial charge in [-0.05, 0) is 18.8 Å². The fourth-order valence-electron chi connectivity index (χ4n) is 4.84. The highest BCUT2D eigenvalue weighted by Crippen LogP contribution is 2.20. The SMILES string of the molecule is CCCCCCCCCCCCCCC(CCCCCCCCCCCC)COCCN. The summed E-state index contributed by atoms with van der Waals surface area (Å²) in [5, 5.41) is 0. The Labute approximate surface area is 204 Å². The van der Waals surface area contributed by atoms with Crippen molar-refractivity contribution in [2.45, 2.75) is 168 Å². The number of hydrogen-bond donors (Lipinski definition) is 1. The lowest BCUT2D eigenvalue weighted by molar-refractivity contribution is 0.0966. The van der Waals surface area contributed by atoms with Crippen LogP contribution in [0.15, 0.2) is 0 Å². The molecule has 0 rings (SSSR count). The van der Waals surface area contributed by atoms with Crippen molar-refractivity contribution >= 4 is 0 Å². The highest BCUT2D eigenvalue weighted by molar-refractivity contribution is 4.61. The molecule has 0 radical (unpaired) electrons. The average molecular weight is 454 g/mol. The zero-order chi connectivity index (χ0) is 23.4. The van der Waals surface area contributed by atoms with E-state index in [1.165, 1.54) is 154 Å². The van der Waals surface area contributed by atoms with Gasteiger partial charge in [0.1, 0.15) is 0 Å². The summed E-state index contributed by atoms with van der Waals surface area (Å²) in [5.74, 6) is 0.763. The molecule has 0 aliphatic carbocycles. The number of hydrogen-bond acceptors (Lipinski definition) is 2. The average Bonchev–Trinajstić information content (AvgIpc) is 2.80. The van der Waals surface area contributed by atoms with E-state index in [-0.39, 0.29) is 0 Å². The zero-order valence-corrected chi connectivity index (χ0v) is 22.7. The van der Waals surface area contributed by atoms with Crippen LogP contribution in [0.2, 0.25) is 0 Å². The van der Waals surface area contributed by atoms with Crippen LogP contribution in [0.25, 0.3) is 0 Å². The van der Waals surface area contributed by atoms with Gasteiger partial charge in [0.2, 0.25) is 0 Å². The predicted molar refractivity (Wildman–Crippen MR) is 146 cm³/mol. The van der Waals surface area contributed by atoms with Crippen LogP contribution in [0.3, 0.4) is 0 Å². The molecular weight excluding hydrogens is 390 g/mol. The first-order chi connectivity index (χ1) is 15.8. The minimum absolute atomic E-state index is 0.656. The molecule has 0 aliphatic rings. The molecule has 194 valence electrons. The Morgan fingerprint density at radius 2 is 0.781 bits per heavy atom. The van der Waals surface area contributed by atoms with Crippen molar-refractivity contribution in [1.29, 1.82) is 0 Å². The molecule has 0 saturated carbocycles. The molecular formula is C30H63NO. The quantitative estimate of drug-likeness (QED) is 0.120. The van der Waals surface area contributed by atoms with Gasteiger partial charge >= 0.3 is 0 Å². The summed E-state index contributed by atoms with van der Waals surface area (Å²) in [5.41, 5.74) is 5.62. The van der Waals surface area contributed by atoms with Gasteiger partial charge in [0.25, 0.3) is 0 Å². The summed E-state index contributed by atoms with van der Waals surface area (Å²) in [6.07, 6.45) is 34.2. The molecule has 2 N–H and O–H groups in total. The normalized spacial score (nSPS) is 12.5. The van der Waals surface area contributed by atoms with Crippen molar-refractivity contribution in [2.75, 3.05) is 19.8 Å². The van der Waals surface area contributed by atoms with E-state index in [4.69, 9.17) is 10.5 Å². The molecule has 0 aromatic heterocycles. The van der Waals surface area contributed by atoms with Gasteiger partial charge in [-0.3, -0.25) is 0 Å². The van der Waals surface area contributed by atoms with E-state index in [1.807, 2.05) is 0 Å². The number of ether oxygens (including phenoxy) is 1. The smallest absolute Gasteiger partial charge is 0.0588 e. The van der Waals surface area contributed by atoms with E-state index in [2.05, 4.69) is 13.8 Å². The lowest BCUT2D eigenvalue weighted by Crippen LogP contribution is -2.15. The molecule has 0 bridgehead atoms. The lowest BCUT2D eigenvalue weighted by Gasteiger charge is -2.17. The maximum Gasteiger partial charge on any atom is 0.0588 e. The van der Waals surface area contributed by atoms with Gasteiger partial charge < -0.3 is 10.5 Å². The van der Waals surface area contributed by atoms with Crippen molar-refractivity contribution < 1.29 is 4.74 Å². The summed E-state index contributed by atoms with van der Waals surface area (Å²) in [6.45, 7) is 6.92. The summed E-state index contributed by atoms with van der Waals surface area (Å²) in [4.78, 5) is 0. The van der Waals surface area contributed by atoms with Gasteiger partial charge in [0.05, 0.1) is 6.61 Å². The summed E-state index contributed by atoms with van der Waals surface area (Å²) in [6, 6.07) is 0. The van der Waals surface area contributed by atoms with Crippen LogP contribution in [0, 0.1) is 5.92 Å². The first-order valence-electron chi connectivity index (χ1n) is 15.1. The molecule has 2 heteroatoms. The fraction of sp³-hybridized carbons (Fsp3) is 1.00. The van der Waals surface area contributed by atoms with Gasteiger partial charge in [-0.25, -0.2) is 0 Å². The second-order valence-electron chi connectivity index (χ2n) is 10.4. The van der Waals surface area contributed by atoms with E-state index in [9.17, 15) is 0 Å². The standard InChI is InChI=1S/C30H63NO/c1-3-5-7-9-11-13-15-16-18-20-22-24-26-30(29-32-28-27-31)25-23-21-19-17-14-12-10-8-6-4-2/h30H,3-29,31H2,1-2H3. The minimum atomic E-state index is 0.656. The third-order valence-electron chi connectivity index (χ3n) is 7.05. The first-order valence-corrected chi connectivity index (χ1v) is 15.1. The first kappa shape index (κ1) is 31.9. The molecule has 0 spiro atoms. The van der Waals surface area contributed by atoms with Crippen LogP contribution in [-0.2, 0) is 4.74 Å². The van der Waals surface area contributed by atoms with Crippen LogP contribution in [0.1, 0.15) is 168 Å². The molecule has 0 heterocycles. The van der Waals surface area contributed by atoms with Crippen molar-refractivity contribution in [2.24, 2.45) is 11.7 Å². The molecule has 0 amide bonds. The molecule has 0 aromatic rings. The zero-order valence-electron chi connectivity index (χ0n) is 22.7. The molecule has 0 saturated heterocycles. The third kappa shape index (κ3) is 26.2. The number of unbranched alkanes of at least 4 members (excludes halogenated alkanes) is 20. The van der Waals surface area contributed by atoms with Crippen LogP contribution < -0.4 is 5.73 Å². The highest BCUT2D eigenvalue weighted by Gasteiger charge is 2.09. The third-order valence-corrected chi connectivity index (χ3v) is 7.05. The largest absolute Gasteiger partial charge is 0.380 e. The van der Waals surface area contributed by atoms with Crippen molar-refractivity contribution in [3.63, 3.8) is 0 Å². The second kappa shape index (κ2) is 29.0. The molecule has 0 aliphatic heterocycles. The van der Waals surface area contributed by atoms with Crippen molar-refractivity contribution in [3.05, 3.63) is 0 Å². The van der Waals surface area contributed by atoms with E-state index >= 15 is 0 Å². The van der Waals surface area contributed by atoms with Crippen LogP contribution in [-0.4, -0.2) is 19.8 Å². The molecule has 0 aromatic carbocycles. The predicted octanol–water partition coefficient (Wildman–Crippen LogP) is 9.98. The van der Waals surface area contributed by atoms with Gasteiger partial charge in [0.15, 0.2) is 0 Å². The molecule has 1 atom stereocenters. The number of rotatable bonds is 28. The molecule has 2 nitrogen and oxygen atoms in total. The molecule has 32 heavy (non-hydrogen) atoms. The minimum Gasteiger partial charge on any atom is -0.380 e. The Morgan fingerprint density at radius 3 is 1.09 bits per heavy atom. The Bertz CT molecular complexity index is 320. The topological polar surface area (TPSA) is 35.2 Å². The van der Waals surface area contributed by atoms with E-state index < -0.39 is 0 Å². The Hall–Kier alpha value is -0.0800. The Morgan fingerprint density at radius 1 is 0.469 bits per heavy atom. The monoisotopic (exact) mass is 453 g/mol. The molecule has 1 unspecified atom stereocenters. The maximum absolute atomic E-state index is 5.82. The fourth-order valence-corrected chi connectivity index (χ4v) is 4.84. The summed E-state index contributed by atoms with van der Waals surface area (Å²) in [7, 11) is 0. The maximum atomic E-state index is 5.82. The number of nitrogens with two attached hydrogens (primary N) is 1. The van der Waals surface area contributed by atoms with Crippen molar-refractivity contribution in [1.82, 2.24) is 0 Å². The van der Waals surface area contributed by atoms with Gasteiger partial charge in [-0.1, -0.05) is 155 Å². The van der Waals surface area contributed by atoms with E-state index in [0.29, 0.717) is 6.54 Å². The summed E-state index contributed by atoms with van der Waals surface area (Å²) < 4.78 is 5.82. The lowest BCUT2D eigenvalue weighted by atomic mass is 9.94. The Balaban J connectivity index is 3.59. The highest BCUT2D eigenvalue weighted by atomic mass is 16.5. The van der Waals surface area contributed by atoms with Crippen molar-refractivity contribution in [3.8, 4) is 0 Å². The van der Waals surface area contributed by atoms with Crippen LogP contribution >= 0.6 is 0 Å². The molecule has 0 fully saturated rings. The van der Waals surface area contributed by atoms with E-state index in [1.54, 1.807) is 0 Å². The van der Waals surface area contributed by atoms with Gasteiger partial charge in [0, 0.05) is 13.2 Å². The Kier molecular flexibility index (Phi) is 28.9.